The van der Waals surface area contributed by atoms with Crippen LogP contribution < -0.4 is 5.73 Å². The van der Waals surface area contributed by atoms with E-state index in [1.54, 1.807) is 0 Å². The van der Waals surface area contributed by atoms with Crippen molar-refractivity contribution >= 4 is 10.5 Å². The monoisotopic (exact) mass is 187 g/mol. The van der Waals surface area contributed by atoms with E-state index in [2.05, 4.69) is 13.8 Å². The van der Waals surface area contributed by atoms with E-state index in [0.29, 0.717) is 12.0 Å². The molecule has 0 amide bonds. The summed E-state index contributed by atoms with van der Waals surface area (Å²) in [6.07, 6.45) is 4.92. The zero-order valence-corrected chi connectivity index (χ0v) is 10.5. The van der Waals surface area contributed by atoms with E-state index in [1.165, 1.54) is 19.3 Å². The molecule has 12 heavy (non-hydrogen) atoms. The molecule has 72 valence electrons. The Labute approximate surface area is 78.4 Å². The molecule has 2 atom stereocenters. The zero-order chi connectivity index (χ0) is 9.19. The van der Waals surface area contributed by atoms with E-state index in [4.69, 9.17) is 10.2 Å². The van der Waals surface area contributed by atoms with Gasteiger partial charge in [-0.1, -0.05) is 6.42 Å². The van der Waals surface area contributed by atoms with Crippen molar-refractivity contribution in [1.29, 1.82) is 0 Å². The van der Waals surface area contributed by atoms with Crippen LogP contribution >= 0.6 is 0 Å². The predicted molar refractivity (Wildman–Crippen MR) is 55.0 cm³/mol. The quantitative estimate of drug-likeness (QED) is 0.642. The molecular weight excluding hydrogens is 166 g/mol. The van der Waals surface area contributed by atoms with Crippen molar-refractivity contribution in [3.8, 4) is 0 Å². The fraction of sp³-hybridized carbons (Fsp3) is 1.00. The highest BCUT2D eigenvalue weighted by molar-refractivity contribution is 5.98. The number of hydrogen-bond donors (Lipinski definition) is 1. The largest absolute Gasteiger partial charge is 0.423 e. The maximum absolute atomic E-state index is 5.93. The average Bonchev–Trinajstić information content (AvgIpc) is 2.05. The molecule has 0 aromatic carbocycles. The van der Waals surface area contributed by atoms with Gasteiger partial charge in [0.2, 0.25) is 0 Å². The first-order valence-corrected chi connectivity index (χ1v) is 5.68. The molecule has 2 N–H and O–H groups in total. The molecule has 0 aliphatic heterocycles. The summed E-state index contributed by atoms with van der Waals surface area (Å²) in [6, 6.07) is 0.417. The van der Waals surface area contributed by atoms with Gasteiger partial charge in [0, 0.05) is 6.04 Å². The molecule has 2 unspecified atom stereocenters. The summed E-state index contributed by atoms with van der Waals surface area (Å²) in [7, 11) is 0.833. The molecule has 1 rings (SSSR count). The minimum atomic E-state index is 0.0737. The lowest BCUT2D eigenvalue weighted by molar-refractivity contribution is 0.0292. The van der Waals surface area contributed by atoms with Crippen molar-refractivity contribution in [1.82, 2.24) is 0 Å². The van der Waals surface area contributed by atoms with Crippen LogP contribution in [0.5, 0.6) is 0 Å². The van der Waals surface area contributed by atoms with E-state index in [9.17, 15) is 0 Å². The standard InChI is InChI=1S/C9H21NOSi/c1-9(2,11-12)7-4-3-5-8(10)6-7/h7-8H,3-6,10H2,1-2,12H3. The second-order valence-electron chi connectivity index (χ2n) is 4.43. The Hall–Kier alpha value is 0.137. The van der Waals surface area contributed by atoms with Gasteiger partial charge in [-0.3, -0.25) is 0 Å². The molecule has 0 radical (unpaired) electrons. The summed E-state index contributed by atoms with van der Waals surface area (Å²) in [5.74, 6) is 0.679. The maximum atomic E-state index is 5.93. The molecule has 3 heteroatoms. The fourth-order valence-electron chi connectivity index (χ4n) is 2.03. The van der Waals surface area contributed by atoms with Crippen LogP contribution in [-0.2, 0) is 4.43 Å². The molecule has 0 bridgehead atoms. The van der Waals surface area contributed by atoms with Crippen LogP contribution in [0.25, 0.3) is 0 Å². The number of hydrogen-bond acceptors (Lipinski definition) is 2. The minimum absolute atomic E-state index is 0.0737. The molecule has 0 saturated heterocycles. The number of nitrogens with two attached hydrogens (primary N) is 1. The molecule has 0 aromatic heterocycles. The van der Waals surface area contributed by atoms with Crippen molar-refractivity contribution < 1.29 is 4.43 Å². The Kier molecular flexibility index (Phi) is 3.32. The van der Waals surface area contributed by atoms with Gasteiger partial charge in [-0.25, -0.2) is 0 Å². The van der Waals surface area contributed by atoms with Crippen LogP contribution in [0, 0.1) is 5.92 Å². The molecule has 1 aliphatic carbocycles. The third-order valence-electron chi connectivity index (χ3n) is 3.22. The fourth-order valence-corrected chi connectivity index (χ4v) is 2.36. The molecule has 1 aliphatic rings. The van der Waals surface area contributed by atoms with E-state index in [0.717, 1.165) is 16.9 Å². The average molecular weight is 187 g/mol. The highest BCUT2D eigenvalue weighted by Gasteiger charge is 2.32. The van der Waals surface area contributed by atoms with Gasteiger partial charge >= 0.3 is 0 Å². The summed E-state index contributed by atoms with van der Waals surface area (Å²) >= 11 is 0. The van der Waals surface area contributed by atoms with Gasteiger partial charge in [0.1, 0.15) is 10.5 Å². The first kappa shape index (κ1) is 10.2. The SMILES string of the molecule is CC(C)(O[SiH3])C1CCCC(N)C1. The van der Waals surface area contributed by atoms with Gasteiger partial charge in [-0.05, 0) is 39.0 Å². The van der Waals surface area contributed by atoms with Crippen molar-refractivity contribution in [3.63, 3.8) is 0 Å². The Balaban J connectivity index is 2.50. The summed E-state index contributed by atoms with van der Waals surface area (Å²) in [5, 5.41) is 0. The van der Waals surface area contributed by atoms with Gasteiger partial charge < -0.3 is 10.2 Å². The van der Waals surface area contributed by atoms with E-state index >= 15 is 0 Å². The molecule has 1 saturated carbocycles. The second kappa shape index (κ2) is 3.90. The Morgan fingerprint density at radius 2 is 2.08 bits per heavy atom. The van der Waals surface area contributed by atoms with E-state index < -0.39 is 0 Å². The lowest BCUT2D eigenvalue weighted by Gasteiger charge is -2.38. The first-order chi connectivity index (χ1) is 5.56. The Morgan fingerprint density at radius 3 is 2.58 bits per heavy atom. The van der Waals surface area contributed by atoms with Gasteiger partial charge in [0.15, 0.2) is 0 Å². The summed E-state index contributed by atoms with van der Waals surface area (Å²) < 4.78 is 5.61. The van der Waals surface area contributed by atoms with Crippen molar-refractivity contribution in [3.05, 3.63) is 0 Å². The topological polar surface area (TPSA) is 35.2 Å². The molecule has 0 aromatic rings. The molecular formula is C9H21NOSi. The first-order valence-electron chi connectivity index (χ1n) is 4.87. The highest BCUT2D eigenvalue weighted by Crippen LogP contribution is 2.33. The predicted octanol–water partition coefficient (Wildman–Crippen LogP) is 0.580. The number of rotatable bonds is 2. The van der Waals surface area contributed by atoms with Crippen LogP contribution in [0.15, 0.2) is 0 Å². The smallest absolute Gasteiger partial charge is 0.146 e. The Bertz CT molecular complexity index is 149. The highest BCUT2D eigenvalue weighted by atomic mass is 28.2. The summed E-state index contributed by atoms with van der Waals surface area (Å²) in [4.78, 5) is 0. The lowest BCUT2D eigenvalue weighted by atomic mass is 9.77. The minimum Gasteiger partial charge on any atom is -0.423 e. The van der Waals surface area contributed by atoms with Gasteiger partial charge in [0.05, 0.1) is 5.60 Å². The van der Waals surface area contributed by atoms with E-state index in [-0.39, 0.29) is 5.60 Å². The Morgan fingerprint density at radius 1 is 1.42 bits per heavy atom. The van der Waals surface area contributed by atoms with Crippen LogP contribution in [-0.4, -0.2) is 22.1 Å². The van der Waals surface area contributed by atoms with Crippen molar-refractivity contribution in [2.24, 2.45) is 11.7 Å². The normalized spacial score (nSPS) is 32.2. The molecule has 0 heterocycles. The molecule has 1 fully saturated rings. The van der Waals surface area contributed by atoms with E-state index in [1.807, 2.05) is 0 Å². The molecule has 2 nitrogen and oxygen atoms in total. The van der Waals surface area contributed by atoms with Gasteiger partial charge in [-0.2, -0.15) is 0 Å². The summed E-state index contributed by atoms with van der Waals surface area (Å²) in [6.45, 7) is 4.39. The third-order valence-corrected chi connectivity index (χ3v) is 4.28. The van der Waals surface area contributed by atoms with Crippen LogP contribution in [0.3, 0.4) is 0 Å². The third kappa shape index (κ3) is 2.31. The van der Waals surface area contributed by atoms with Crippen molar-refractivity contribution in [2.45, 2.75) is 51.2 Å². The summed E-state index contributed by atoms with van der Waals surface area (Å²) in [5.41, 5.74) is 6.01. The zero-order valence-electron chi connectivity index (χ0n) is 8.47. The van der Waals surface area contributed by atoms with Crippen LogP contribution in [0.2, 0.25) is 0 Å². The van der Waals surface area contributed by atoms with Gasteiger partial charge in [-0.15, -0.1) is 0 Å². The second-order valence-corrected chi connectivity index (χ2v) is 4.84. The lowest BCUT2D eigenvalue weighted by Crippen LogP contribution is -2.40. The van der Waals surface area contributed by atoms with Gasteiger partial charge in [0.25, 0.3) is 0 Å². The van der Waals surface area contributed by atoms with Crippen molar-refractivity contribution in [2.75, 3.05) is 0 Å². The molecule has 0 spiro atoms. The maximum Gasteiger partial charge on any atom is 0.146 e. The van der Waals surface area contributed by atoms with Crippen LogP contribution in [0.4, 0.5) is 0 Å². The van der Waals surface area contributed by atoms with Crippen LogP contribution in [0.1, 0.15) is 39.5 Å².